The summed E-state index contributed by atoms with van der Waals surface area (Å²) in [6, 6.07) is 0. The van der Waals surface area contributed by atoms with E-state index in [2.05, 4.69) is 13.8 Å². The van der Waals surface area contributed by atoms with E-state index in [1.54, 1.807) is 0 Å². The third-order valence-electron chi connectivity index (χ3n) is 5.16. The number of esters is 1. The topological polar surface area (TPSA) is 35.5 Å². The van der Waals surface area contributed by atoms with Crippen LogP contribution >= 0.6 is 0 Å². The second-order valence-corrected chi connectivity index (χ2v) is 6.20. The fourth-order valence-corrected chi connectivity index (χ4v) is 4.15. The quantitative estimate of drug-likeness (QED) is 0.609. The second kappa shape index (κ2) is 3.71. The minimum absolute atomic E-state index is 0.00954. The van der Waals surface area contributed by atoms with Crippen LogP contribution in [-0.4, -0.2) is 17.9 Å². The Morgan fingerprint density at radius 2 is 1.76 bits per heavy atom. The van der Waals surface area contributed by atoms with Gasteiger partial charge in [-0.25, -0.2) is 0 Å². The summed E-state index contributed by atoms with van der Waals surface area (Å²) in [5.41, 5.74) is 0. The lowest BCUT2D eigenvalue weighted by molar-refractivity contribution is -0.311. The van der Waals surface area contributed by atoms with Crippen molar-refractivity contribution in [1.82, 2.24) is 0 Å². The molecule has 1 saturated carbocycles. The Balaban J connectivity index is 1.99. The lowest BCUT2D eigenvalue weighted by atomic mass is 9.65. The smallest absolute Gasteiger partial charge is 0.311 e. The molecule has 1 spiro atoms. The Morgan fingerprint density at radius 1 is 1.06 bits per heavy atom. The van der Waals surface area contributed by atoms with Crippen molar-refractivity contribution in [1.29, 1.82) is 0 Å². The van der Waals surface area contributed by atoms with E-state index >= 15 is 0 Å². The first-order chi connectivity index (χ1) is 8.04. The van der Waals surface area contributed by atoms with E-state index in [0.717, 1.165) is 19.3 Å². The highest BCUT2D eigenvalue weighted by Gasteiger charge is 2.63. The predicted octanol–water partition coefficient (Wildman–Crippen LogP) is 2.74. The summed E-state index contributed by atoms with van der Waals surface area (Å²) < 4.78 is 11.9. The number of rotatable bonds is 0. The number of hydrogen-bond donors (Lipinski definition) is 0. The summed E-state index contributed by atoms with van der Waals surface area (Å²) in [4.78, 5) is 11.9. The SMILES string of the molecule is CC1CC[C@H]2[C@H](C)CC[C@H]3[C@@H](C)C(=O)O[C@@]23O1. The van der Waals surface area contributed by atoms with E-state index in [0.29, 0.717) is 11.8 Å². The zero-order chi connectivity index (χ0) is 12.2. The minimum atomic E-state index is -0.578. The molecule has 0 amide bonds. The molecule has 3 aliphatic rings. The average molecular weight is 238 g/mol. The molecule has 1 aliphatic carbocycles. The Morgan fingerprint density at radius 3 is 2.53 bits per heavy atom. The molecule has 2 aliphatic heterocycles. The van der Waals surface area contributed by atoms with Gasteiger partial charge in [-0.15, -0.1) is 0 Å². The number of hydrogen-bond acceptors (Lipinski definition) is 3. The van der Waals surface area contributed by atoms with Crippen LogP contribution in [0.5, 0.6) is 0 Å². The molecule has 2 heterocycles. The van der Waals surface area contributed by atoms with E-state index < -0.39 is 5.79 Å². The first-order valence-corrected chi connectivity index (χ1v) is 6.95. The van der Waals surface area contributed by atoms with Crippen molar-refractivity contribution in [3.63, 3.8) is 0 Å². The zero-order valence-corrected chi connectivity index (χ0v) is 10.9. The minimum Gasteiger partial charge on any atom is -0.432 e. The molecule has 3 fully saturated rings. The molecular formula is C14H22O3. The molecule has 1 unspecified atom stereocenters. The van der Waals surface area contributed by atoms with Crippen LogP contribution in [0.1, 0.15) is 46.5 Å². The molecule has 0 aromatic carbocycles. The first kappa shape index (κ1) is 11.5. The standard InChI is InChI=1S/C14H22O3/c1-8-4-6-12-10(3)13(15)17-14(12)11(8)7-5-9(2)16-14/h8-12H,4-7H2,1-3H3/t8-,9?,10-,11+,12+,14+/m1/s1. The van der Waals surface area contributed by atoms with Crippen molar-refractivity contribution in [2.75, 3.05) is 0 Å². The van der Waals surface area contributed by atoms with E-state index in [1.807, 2.05) is 6.92 Å². The summed E-state index contributed by atoms with van der Waals surface area (Å²) in [5, 5.41) is 0. The molecule has 0 aromatic rings. The van der Waals surface area contributed by atoms with Crippen LogP contribution in [-0.2, 0) is 14.3 Å². The molecule has 96 valence electrons. The van der Waals surface area contributed by atoms with Crippen molar-refractivity contribution < 1.29 is 14.3 Å². The monoisotopic (exact) mass is 238 g/mol. The van der Waals surface area contributed by atoms with Crippen LogP contribution in [0.25, 0.3) is 0 Å². The van der Waals surface area contributed by atoms with E-state index in [-0.39, 0.29) is 23.9 Å². The lowest BCUT2D eigenvalue weighted by Gasteiger charge is -2.51. The van der Waals surface area contributed by atoms with Gasteiger partial charge < -0.3 is 9.47 Å². The summed E-state index contributed by atoms with van der Waals surface area (Å²) in [7, 11) is 0. The van der Waals surface area contributed by atoms with Gasteiger partial charge in [-0.05, 0) is 38.5 Å². The van der Waals surface area contributed by atoms with Gasteiger partial charge in [-0.3, -0.25) is 4.79 Å². The Kier molecular flexibility index (Phi) is 2.51. The van der Waals surface area contributed by atoms with Crippen molar-refractivity contribution >= 4 is 5.97 Å². The Bertz CT molecular complexity index is 340. The molecule has 3 rings (SSSR count). The molecule has 0 radical (unpaired) electrons. The van der Waals surface area contributed by atoms with Gasteiger partial charge in [-0.2, -0.15) is 0 Å². The Labute approximate surface area is 103 Å². The van der Waals surface area contributed by atoms with Gasteiger partial charge >= 0.3 is 5.97 Å². The molecule has 17 heavy (non-hydrogen) atoms. The summed E-state index contributed by atoms with van der Waals surface area (Å²) in [5.74, 6) is 0.673. The summed E-state index contributed by atoms with van der Waals surface area (Å²) in [6.07, 6.45) is 4.72. The van der Waals surface area contributed by atoms with Crippen LogP contribution in [0.3, 0.4) is 0 Å². The van der Waals surface area contributed by atoms with Crippen molar-refractivity contribution in [3.8, 4) is 0 Å². The third kappa shape index (κ3) is 1.48. The van der Waals surface area contributed by atoms with Crippen molar-refractivity contribution in [3.05, 3.63) is 0 Å². The number of ether oxygens (including phenoxy) is 2. The number of carbonyl (C=O) groups excluding carboxylic acids is 1. The van der Waals surface area contributed by atoms with Crippen LogP contribution in [0.4, 0.5) is 0 Å². The molecule has 3 nitrogen and oxygen atoms in total. The average Bonchev–Trinajstić information content (AvgIpc) is 2.50. The molecule has 6 atom stereocenters. The van der Waals surface area contributed by atoms with Gasteiger partial charge in [0.25, 0.3) is 0 Å². The first-order valence-electron chi connectivity index (χ1n) is 6.95. The van der Waals surface area contributed by atoms with Crippen LogP contribution < -0.4 is 0 Å². The van der Waals surface area contributed by atoms with Crippen LogP contribution in [0.15, 0.2) is 0 Å². The highest BCUT2D eigenvalue weighted by molar-refractivity contribution is 5.75. The summed E-state index contributed by atoms with van der Waals surface area (Å²) in [6.45, 7) is 6.37. The fraction of sp³-hybridized carbons (Fsp3) is 0.929. The van der Waals surface area contributed by atoms with Gasteiger partial charge in [0.1, 0.15) is 0 Å². The molecule has 2 saturated heterocycles. The third-order valence-corrected chi connectivity index (χ3v) is 5.16. The Hall–Kier alpha value is -0.570. The fourth-order valence-electron chi connectivity index (χ4n) is 4.15. The van der Waals surface area contributed by atoms with Gasteiger partial charge in [0, 0.05) is 11.8 Å². The van der Waals surface area contributed by atoms with Crippen LogP contribution in [0.2, 0.25) is 0 Å². The maximum Gasteiger partial charge on any atom is 0.311 e. The van der Waals surface area contributed by atoms with E-state index in [9.17, 15) is 4.79 Å². The van der Waals surface area contributed by atoms with Gasteiger partial charge in [-0.1, -0.05) is 13.8 Å². The summed E-state index contributed by atoms with van der Waals surface area (Å²) >= 11 is 0. The van der Waals surface area contributed by atoms with Crippen LogP contribution in [0, 0.1) is 23.7 Å². The molecule has 3 heteroatoms. The highest BCUT2D eigenvalue weighted by atomic mass is 16.7. The maximum absolute atomic E-state index is 11.9. The molecular weight excluding hydrogens is 216 g/mol. The normalized spacial score (nSPS) is 53.8. The van der Waals surface area contributed by atoms with Gasteiger partial charge in [0.15, 0.2) is 0 Å². The molecule has 0 N–H and O–H groups in total. The predicted molar refractivity (Wildman–Crippen MR) is 63.1 cm³/mol. The maximum atomic E-state index is 11.9. The van der Waals surface area contributed by atoms with Gasteiger partial charge in [0.2, 0.25) is 5.79 Å². The van der Waals surface area contributed by atoms with E-state index in [1.165, 1.54) is 6.42 Å². The molecule has 0 bridgehead atoms. The lowest BCUT2D eigenvalue weighted by Crippen LogP contribution is -2.56. The van der Waals surface area contributed by atoms with E-state index in [4.69, 9.17) is 9.47 Å². The van der Waals surface area contributed by atoms with Crippen molar-refractivity contribution in [2.45, 2.75) is 58.3 Å². The van der Waals surface area contributed by atoms with Crippen molar-refractivity contribution in [2.24, 2.45) is 23.7 Å². The molecule has 0 aromatic heterocycles. The largest absolute Gasteiger partial charge is 0.432 e. The highest BCUT2D eigenvalue weighted by Crippen LogP contribution is 2.56. The second-order valence-electron chi connectivity index (χ2n) is 6.20. The number of carbonyl (C=O) groups is 1. The zero-order valence-electron chi connectivity index (χ0n) is 10.9. The van der Waals surface area contributed by atoms with Gasteiger partial charge in [0.05, 0.1) is 12.0 Å².